The van der Waals surface area contributed by atoms with Gasteiger partial charge in [0.25, 0.3) is 0 Å². The van der Waals surface area contributed by atoms with E-state index in [1.807, 2.05) is 45.0 Å². The Hall–Kier alpha value is -2.14. The van der Waals surface area contributed by atoms with Crippen molar-refractivity contribution >= 4 is 33.3 Å². The van der Waals surface area contributed by atoms with Gasteiger partial charge in [-0.2, -0.15) is 0 Å². The van der Waals surface area contributed by atoms with Crippen LogP contribution in [0.25, 0.3) is 11.1 Å². The fourth-order valence-corrected chi connectivity index (χ4v) is 4.21. The lowest BCUT2D eigenvalue weighted by molar-refractivity contribution is -0.135. The predicted molar refractivity (Wildman–Crippen MR) is 117 cm³/mol. The van der Waals surface area contributed by atoms with E-state index >= 15 is 0 Å². The van der Waals surface area contributed by atoms with Gasteiger partial charge in [0.2, 0.25) is 0 Å². The molecular formula is C23H26BrNO3. The van der Waals surface area contributed by atoms with Crippen LogP contribution >= 0.6 is 15.9 Å². The first-order valence-corrected chi connectivity index (χ1v) is 10.5. The molecule has 1 heterocycles. The van der Waals surface area contributed by atoms with Crippen LogP contribution in [0, 0.1) is 0 Å². The molecule has 148 valence electrons. The van der Waals surface area contributed by atoms with E-state index in [1.54, 1.807) is 0 Å². The SMILES string of the molecule is CCOC(=O)C1=Nc2ccc(Br)c(-c3ccc(OC(C)C)cc3)c2C1(C)CC. The highest BCUT2D eigenvalue weighted by Crippen LogP contribution is 2.50. The van der Waals surface area contributed by atoms with Gasteiger partial charge in [-0.3, -0.25) is 0 Å². The number of halogens is 1. The molecule has 1 aliphatic rings. The highest BCUT2D eigenvalue weighted by Gasteiger charge is 2.44. The van der Waals surface area contributed by atoms with Crippen molar-refractivity contribution in [3.63, 3.8) is 0 Å². The van der Waals surface area contributed by atoms with Crippen LogP contribution in [-0.2, 0) is 14.9 Å². The van der Waals surface area contributed by atoms with Crippen molar-refractivity contribution in [2.45, 2.75) is 52.6 Å². The van der Waals surface area contributed by atoms with E-state index < -0.39 is 5.41 Å². The van der Waals surface area contributed by atoms with Crippen LogP contribution < -0.4 is 4.74 Å². The third-order valence-electron chi connectivity index (χ3n) is 5.13. The van der Waals surface area contributed by atoms with Gasteiger partial charge in [0.05, 0.1) is 18.4 Å². The van der Waals surface area contributed by atoms with E-state index in [0.29, 0.717) is 12.3 Å². The number of fused-ring (bicyclic) bond motifs is 1. The summed E-state index contributed by atoms with van der Waals surface area (Å²) in [5.41, 5.74) is 3.97. The van der Waals surface area contributed by atoms with Gasteiger partial charge in [0, 0.05) is 15.5 Å². The van der Waals surface area contributed by atoms with Crippen molar-refractivity contribution in [3.8, 4) is 16.9 Å². The number of carbonyl (C=O) groups is 1. The first kappa shape index (κ1) is 20.6. The van der Waals surface area contributed by atoms with Crippen molar-refractivity contribution < 1.29 is 14.3 Å². The van der Waals surface area contributed by atoms with Gasteiger partial charge in [0.15, 0.2) is 0 Å². The average molecular weight is 444 g/mol. The molecule has 0 radical (unpaired) electrons. The molecule has 0 saturated heterocycles. The second kappa shape index (κ2) is 8.08. The lowest BCUT2D eigenvalue weighted by Gasteiger charge is -2.28. The second-order valence-electron chi connectivity index (χ2n) is 7.37. The van der Waals surface area contributed by atoms with Crippen LogP contribution in [0.2, 0.25) is 0 Å². The zero-order valence-corrected chi connectivity index (χ0v) is 18.6. The molecule has 2 aromatic carbocycles. The molecule has 0 amide bonds. The quantitative estimate of drug-likeness (QED) is 0.497. The number of carbonyl (C=O) groups excluding carboxylic acids is 1. The largest absolute Gasteiger partial charge is 0.491 e. The van der Waals surface area contributed by atoms with E-state index in [0.717, 1.165) is 39.0 Å². The minimum absolute atomic E-state index is 0.127. The number of benzene rings is 2. The predicted octanol–water partition coefficient (Wildman–Crippen LogP) is 6.22. The zero-order valence-electron chi connectivity index (χ0n) is 17.0. The van der Waals surface area contributed by atoms with Gasteiger partial charge >= 0.3 is 5.97 Å². The minimum Gasteiger partial charge on any atom is -0.491 e. The highest BCUT2D eigenvalue weighted by molar-refractivity contribution is 9.10. The molecule has 4 nitrogen and oxygen atoms in total. The van der Waals surface area contributed by atoms with E-state index in [9.17, 15) is 4.79 Å². The van der Waals surface area contributed by atoms with Crippen LogP contribution in [0.15, 0.2) is 45.9 Å². The summed E-state index contributed by atoms with van der Waals surface area (Å²) in [4.78, 5) is 17.3. The summed E-state index contributed by atoms with van der Waals surface area (Å²) in [6, 6.07) is 12.0. The normalized spacial score (nSPS) is 18.0. The Bertz CT molecular complexity index is 918. The first-order valence-electron chi connectivity index (χ1n) is 9.68. The Morgan fingerprint density at radius 1 is 1.14 bits per heavy atom. The maximum absolute atomic E-state index is 12.6. The minimum atomic E-state index is -0.506. The van der Waals surface area contributed by atoms with Crippen LogP contribution in [-0.4, -0.2) is 24.4 Å². The van der Waals surface area contributed by atoms with Gasteiger partial charge in [-0.25, -0.2) is 9.79 Å². The molecule has 0 aromatic heterocycles. The molecular weight excluding hydrogens is 418 g/mol. The number of ether oxygens (including phenoxy) is 2. The summed E-state index contributed by atoms with van der Waals surface area (Å²) in [5, 5.41) is 0. The fraction of sp³-hybridized carbons (Fsp3) is 0.391. The monoisotopic (exact) mass is 443 g/mol. The maximum Gasteiger partial charge on any atom is 0.353 e. The second-order valence-corrected chi connectivity index (χ2v) is 8.23. The molecule has 1 aliphatic heterocycles. The standard InChI is InChI=1S/C23H26BrNO3/c1-6-23(5)20-18(25-21(23)22(26)27-7-2)13-12-17(24)19(20)15-8-10-16(11-9-15)28-14(3)4/h8-14H,6-7H2,1-5H3. The van der Waals surface area contributed by atoms with Crippen LogP contribution in [0.1, 0.15) is 46.6 Å². The highest BCUT2D eigenvalue weighted by atomic mass is 79.9. The molecule has 5 heteroatoms. The number of esters is 1. The van der Waals surface area contributed by atoms with Crippen LogP contribution in [0.5, 0.6) is 5.75 Å². The number of rotatable bonds is 6. The molecule has 0 fully saturated rings. The maximum atomic E-state index is 12.6. The Balaban J connectivity index is 2.11. The molecule has 1 atom stereocenters. The van der Waals surface area contributed by atoms with Crippen molar-refractivity contribution in [2.24, 2.45) is 4.99 Å². The molecule has 0 N–H and O–H groups in total. The van der Waals surface area contributed by atoms with E-state index in [2.05, 4.69) is 46.9 Å². The lowest BCUT2D eigenvalue weighted by atomic mass is 9.74. The van der Waals surface area contributed by atoms with Crippen molar-refractivity contribution in [2.75, 3.05) is 6.61 Å². The van der Waals surface area contributed by atoms with Gasteiger partial charge in [-0.15, -0.1) is 0 Å². The summed E-state index contributed by atoms with van der Waals surface area (Å²) >= 11 is 3.72. The number of hydrogen-bond donors (Lipinski definition) is 0. The molecule has 0 saturated carbocycles. The summed E-state index contributed by atoms with van der Waals surface area (Å²) in [5.74, 6) is 0.495. The van der Waals surface area contributed by atoms with E-state index in [4.69, 9.17) is 9.47 Å². The molecule has 3 rings (SSSR count). The van der Waals surface area contributed by atoms with Crippen molar-refractivity contribution in [1.82, 2.24) is 0 Å². The van der Waals surface area contributed by atoms with Gasteiger partial charge in [0.1, 0.15) is 11.5 Å². The Labute approximate surface area is 175 Å². The fourth-order valence-electron chi connectivity index (χ4n) is 3.65. The Kier molecular flexibility index (Phi) is 5.94. The Morgan fingerprint density at radius 2 is 1.82 bits per heavy atom. The molecule has 2 aromatic rings. The van der Waals surface area contributed by atoms with Crippen molar-refractivity contribution in [1.29, 1.82) is 0 Å². The van der Waals surface area contributed by atoms with E-state index in [-0.39, 0.29) is 12.1 Å². The number of nitrogens with zero attached hydrogens (tertiary/aromatic N) is 1. The number of hydrogen-bond acceptors (Lipinski definition) is 4. The topological polar surface area (TPSA) is 47.9 Å². The molecule has 1 unspecified atom stereocenters. The van der Waals surface area contributed by atoms with Gasteiger partial charge < -0.3 is 9.47 Å². The van der Waals surface area contributed by atoms with Gasteiger partial charge in [-0.1, -0.05) is 35.0 Å². The van der Waals surface area contributed by atoms with Crippen LogP contribution in [0.4, 0.5) is 5.69 Å². The average Bonchev–Trinajstić information content (AvgIpc) is 2.96. The third-order valence-corrected chi connectivity index (χ3v) is 5.79. The number of aliphatic imine (C=N–C) groups is 1. The van der Waals surface area contributed by atoms with Crippen molar-refractivity contribution in [3.05, 3.63) is 46.4 Å². The summed E-state index contributed by atoms with van der Waals surface area (Å²) in [7, 11) is 0. The summed E-state index contributed by atoms with van der Waals surface area (Å²) in [6.45, 7) is 10.3. The first-order chi connectivity index (χ1) is 13.3. The van der Waals surface area contributed by atoms with E-state index in [1.165, 1.54) is 0 Å². The smallest absolute Gasteiger partial charge is 0.353 e. The third kappa shape index (κ3) is 3.60. The Morgan fingerprint density at radius 3 is 2.39 bits per heavy atom. The molecule has 0 spiro atoms. The van der Waals surface area contributed by atoms with Gasteiger partial charge in [-0.05, 0) is 69.5 Å². The summed E-state index contributed by atoms with van der Waals surface area (Å²) < 4.78 is 12.0. The molecule has 0 bridgehead atoms. The zero-order chi connectivity index (χ0) is 20.5. The molecule has 0 aliphatic carbocycles. The molecule has 28 heavy (non-hydrogen) atoms. The lowest BCUT2D eigenvalue weighted by Crippen LogP contribution is -2.36. The summed E-state index contributed by atoms with van der Waals surface area (Å²) in [6.07, 6.45) is 0.873. The van der Waals surface area contributed by atoms with Crippen LogP contribution in [0.3, 0.4) is 0 Å².